The molecule has 21 heavy (non-hydrogen) atoms. The Bertz CT molecular complexity index is 354. The summed E-state index contributed by atoms with van der Waals surface area (Å²) < 4.78 is 5.84. The Morgan fingerprint density at radius 2 is 1.52 bits per heavy atom. The van der Waals surface area contributed by atoms with Crippen molar-refractivity contribution < 1.29 is 9.53 Å². The van der Waals surface area contributed by atoms with Gasteiger partial charge in [0.1, 0.15) is 5.60 Å². The van der Waals surface area contributed by atoms with E-state index >= 15 is 0 Å². The fourth-order valence-electron chi connectivity index (χ4n) is 5.44. The van der Waals surface area contributed by atoms with E-state index in [-0.39, 0.29) is 11.6 Å². The first-order valence-corrected chi connectivity index (χ1v) is 9.33. The van der Waals surface area contributed by atoms with Crippen LogP contribution in [-0.2, 0) is 9.53 Å². The number of hydrogen-bond donors (Lipinski definition) is 0. The largest absolute Gasteiger partial charge is 0.459 e. The molecule has 0 unspecified atom stereocenters. The highest BCUT2D eigenvalue weighted by Crippen LogP contribution is 2.60. The molecule has 0 spiro atoms. The fraction of sp³-hybridized carbons (Fsp3) is 0.947. The van der Waals surface area contributed by atoms with Crippen molar-refractivity contribution in [1.29, 1.82) is 0 Å². The molecule has 4 rings (SSSR count). The summed E-state index contributed by atoms with van der Waals surface area (Å²) in [6.07, 6.45) is 15.1. The lowest BCUT2D eigenvalue weighted by molar-refractivity contribution is -0.182. The highest BCUT2D eigenvalue weighted by atomic mass is 16.6. The molecule has 4 saturated carbocycles. The standard InChI is InChI=1S/C19H32O2/c1-3-15-5-7-16(8-6-15)18-9-12-19(13-10-18,14-11-18)21-17(20)4-2/h15-16H,3-14H2,1-2H3. The minimum atomic E-state index is -0.0739. The molecule has 0 atom stereocenters. The number of hydrogen-bond acceptors (Lipinski definition) is 2. The first-order chi connectivity index (χ1) is 10.1. The molecule has 0 heterocycles. The van der Waals surface area contributed by atoms with Crippen molar-refractivity contribution >= 4 is 5.97 Å². The van der Waals surface area contributed by atoms with E-state index in [1.54, 1.807) is 0 Å². The molecule has 0 aromatic heterocycles. The summed E-state index contributed by atoms with van der Waals surface area (Å²) in [5.41, 5.74) is 0.536. The summed E-state index contributed by atoms with van der Waals surface area (Å²) in [7, 11) is 0. The van der Waals surface area contributed by atoms with Gasteiger partial charge in [0.2, 0.25) is 0 Å². The molecule has 0 amide bonds. The molecule has 0 aromatic carbocycles. The van der Waals surface area contributed by atoms with Crippen LogP contribution in [0.25, 0.3) is 0 Å². The van der Waals surface area contributed by atoms with Gasteiger partial charge in [-0.1, -0.05) is 33.1 Å². The van der Waals surface area contributed by atoms with Crippen molar-refractivity contribution in [3.8, 4) is 0 Å². The summed E-state index contributed by atoms with van der Waals surface area (Å²) in [4.78, 5) is 11.7. The predicted octanol–water partition coefficient (Wildman–Crippen LogP) is 5.25. The van der Waals surface area contributed by atoms with Crippen LogP contribution >= 0.6 is 0 Å². The summed E-state index contributed by atoms with van der Waals surface area (Å²) in [6.45, 7) is 4.25. The molecule has 4 aliphatic rings. The second-order valence-corrected chi connectivity index (χ2v) is 8.00. The number of rotatable bonds is 4. The van der Waals surface area contributed by atoms with E-state index in [4.69, 9.17) is 4.74 Å². The van der Waals surface area contributed by atoms with E-state index < -0.39 is 0 Å². The number of esters is 1. The lowest BCUT2D eigenvalue weighted by atomic mass is 9.51. The van der Waals surface area contributed by atoms with Gasteiger partial charge in [-0.15, -0.1) is 0 Å². The van der Waals surface area contributed by atoms with Gasteiger partial charge >= 0.3 is 5.97 Å². The van der Waals surface area contributed by atoms with Crippen molar-refractivity contribution in [2.45, 2.75) is 96.5 Å². The normalized spacial score (nSPS) is 42.8. The number of carbonyl (C=O) groups excluding carboxylic acids is 1. The molecule has 4 aliphatic carbocycles. The summed E-state index contributed by atoms with van der Waals surface area (Å²) in [5.74, 6) is 1.96. The molecule has 0 aromatic rings. The minimum absolute atomic E-state index is 0.00727. The van der Waals surface area contributed by atoms with Crippen molar-refractivity contribution in [3.05, 3.63) is 0 Å². The molecule has 4 fully saturated rings. The van der Waals surface area contributed by atoms with Gasteiger partial charge in [-0.2, -0.15) is 0 Å². The fourth-order valence-corrected chi connectivity index (χ4v) is 5.44. The number of ether oxygens (including phenoxy) is 1. The van der Waals surface area contributed by atoms with Gasteiger partial charge in [0, 0.05) is 6.42 Å². The molecular weight excluding hydrogens is 260 g/mol. The Morgan fingerprint density at radius 1 is 0.952 bits per heavy atom. The van der Waals surface area contributed by atoms with E-state index in [0.717, 1.165) is 31.1 Å². The molecule has 2 heteroatoms. The zero-order valence-electron chi connectivity index (χ0n) is 14.0. The van der Waals surface area contributed by atoms with Gasteiger partial charge in [-0.05, 0) is 68.6 Å². The van der Waals surface area contributed by atoms with Crippen LogP contribution < -0.4 is 0 Å². The summed E-state index contributed by atoms with van der Waals surface area (Å²) >= 11 is 0. The monoisotopic (exact) mass is 292 g/mol. The second-order valence-electron chi connectivity index (χ2n) is 8.00. The first kappa shape index (κ1) is 15.4. The number of fused-ring (bicyclic) bond motifs is 3. The van der Waals surface area contributed by atoms with Crippen LogP contribution in [0.2, 0.25) is 0 Å². The molecule has 120 valence electrons. The van der Waals surface area contributed by atoms with Crippen LogP contribution in [0.5, 0.6) is 0 Å². The molecule has 0 N–H and O–H groups in total. The van der Waals surface area contributed by atoms with Gasteiger partial charge in [0.15, 0.2) is 0 Å². The molecular formula is C19H32O2. The maximum absolute atomic E-state index is 11.7. The zero-order valence-corrected chi connectivity index (χ0v) is 14.0. The Balaban J connectivity index is 1.60. The van der Waals surface area contributed by atoms with Crippen LogP contribution in [-0.4, -0.2) is 11.6 Å². The third-order valence-corrected chi connectivity index (χ3v) is 7.14. The predicted molar refractivity (Wildman–Crippen MR) is 85.0 cm³/mol. The van der Waals surface area contributed by atoms with E-state index in [0.29, 0.717) is 11.8 Å². The Hall–Kier alpha value is -0.530. The quantitative estimate of drug-likeness (QED) is 0.662. The average molecular weight is 292 g/mol. The van der Waals surface area contributed by atoms with Crippen molar-refractivity contribution in [2.24, 2.45) is 17.3 Å². The average Bonchev–Trinajstić information content (AvgIpc) is 2.56. The molecule has 0 radical (unpaired) electrons. The lowest BCUT2D eigenvalue weighted by Crippen LogP contribution is -2.51. The van der Waals surface area contributed by atoms with E-state index in [1.807, 2.05) is 6.92 Å². The van der Waals surface area contributed by atoms with Gasteiger partial charge in [-0.25, -0.2) is 0 Å². The molecule has 0 saturated heterocycles. The topological polar surface area (TPSA) is 26.3 Å². The van der Waals surface area contributed by atoms with Crippen molar-refractivity contribution in [1.82, 2.24) is 0 Å². The SMILES string of the molecule is CCC(=O)OC12CCC(C3CCC(CC)CC3)(CC1)CC2. The maximum atomic E-state index is 11.7. The Kier molecular flexibility index (Phi) is 4.34. The first-order valence-electron chi connectivity index (χ1n) is 9.33. The Labute approximate surface area is 130 Å². The van der Waals surface area contributed by atoms with Gasteiger partial charge < -0.3 is 4.74 Å². The van der Waals surface area contributed by atoms with Gasteiger partial charge in [0.25, 0.3) is 0 Å². The summed E-state index contributed by atoms with van der Waals surface area (Å²) in [6, 6.07) is 0. The molecule has 0 aliphatic heterocycles. The van der Waals surface area contributed by atoms with Crippen LogP contribution in [0.15, 0.2) is 0 Å². The van der Waals surface area contributed by atoms with Crippen LogP contribution in [0.1, 0.15) is 90.9 Å². The highest BCUT2D eigenvalue weighted by molar-refractivity contribution is 5.69. The zero-order chi connectivity index (χ0) is 14.9. The second kappa shape index (κ2) is 5.93. The highest BCUT2D eigenvalue weighted by Gasteiger charge is 2.53. The lowest BCUT2D eigenvalue weighted by Gasteiger charge is -2.56. The van der Waals surface area contributed by atoms with Crippen molar-refractivity contribution in [3.63, 3.8) is 0 Å². The van der Waals surface area contributed by atoms with Gasteiger partial charge in [0.05, 0.1) is 0 Å². The third kappa shape index (κ3) is 2.87. The van der Waals surface area contributed by atoms with E-state index in [1.165, 1.54) is 51.4 Å². The summed E-state index contributed by atoms with van der Waals surface area (Å²) in [5, 5.41) is 0. The maximum Gasteiger partial charge on any atom is 0.306 e. The van der Waals surface area contributed by atoms with Crippen LogP contribution in [0.3, 0.4) is 0 Å². The van der Waals surface area contributed by atoms with E-state index in [2.05, 4.69) is 6.92 Å². The van der Waals surface area contributed by atoms with Crippen molar-refractivity contribution in [2.75, 3.05) is 0 Å². The Morgan fingerprint density at radius 3 is 2.00 bits per heavy atom. The molecule has 2 nitrogen and oxygen atoms in total. The minimum Gasteiger partial charge on any atom is -0.459 e. The smallest absolute Gasteiger partial charge is 0.306 e. The molecule has 2 bridgehead atoms. The van der Waals surface area contributed by atoms with E-state index in [9.17, 15) is 4.79 Å². The number of carbonyl (C=O) groups is 1. The van der Waals surface area contributed by atoms with Crippen LogP contribution in [0.4, 0.5) is 0 Å². The van der Waals surface area contributed by atoms with Crippen LogP contribution in [0, 0.1) is 17.3 Å². The third-order valence-electron chi connectivity index (χ3n) is 7.14. The van der Waals surface area contributed by atoms with Gasteiger partial charge in [-0.3, -0.25) is 4.79 Å².